The van der Waals surface area contributed by atoms with Crippen LogP contribution in [0.3, 0.4) is 0 Å². The first-order valence-electron chi connectivity index (χ1n) is 12.4. The number of anilines is 2. The number of phenols is 1. The molecule has 1 aliphatic rings. The molecule has 1 amide bonds. The number of amides is 1. The predicted molar refractivity (Wildman–Crippen MR) is 151 cm³/mol. The lowest BCUT2D eigenvalue weighted by atomic mass is 9.96. The van der Waals surface area contributed by atoms with Crippen LogP contribution >= 0.6 is 11.6 Å². The molecule has 0 bridgehead atoms. The van der Waals surface area contributed by atoms with Crippen LogP contribution in [0, 0.1) is 5.82 Å². The van der Waals surface area contributed by atoms with Gasteiger partial charge in [-0.15, -0.1) is 0 Å². The Morgan fingerprint density at radius 1 is 1.11 bits per heavy atom. The molecule has 7 nitrogen and oxygen atoms in total. The van der Waals surface area contributed by atoms with Crippen molar-refractivity contribution in [3.63, 3.8) is 0 Å². The number of aromatic hydroxyl groups is 1. The summed E-state index contributed by atoms with van der Waals surface area (Å²) in [5.74, 6) is 0.131. The molecule has 0 radical (unpaired) electrons. The molecule has 0 unspecified atom stereocenters. The number of rotatable bonds is 4. The van der Waals surface area contributed by atoms with Gasteiger partial charge in [-0.3, -0.25) is 4.79 Å². The summed E-state index contributed by atoms with van der Waals surface area (Å²) < 4.78 is 16.5. The topological polar surface area (TPSA) is 81.6 Å². The second-order valence-electron chi connectivity index (χ2n) is 10.4. The average molecular weight is 534 g/mol. The van der Waals surface area contributed by atoms with Crippen molar-refractivity contribution in [1.29, 1.82) is 0 Å². The molecule has 9 heteroatoms. The molecule has 1 saturated heterocycles. The number of hydrogen-bond acceptors (Lipinski definition) is 6. The van der Waals surface area contributed by atoms with Crippen molar-refractivity contribution in [1.82, 2.24) is 14.9 Å². The molecule has 0 saturated carbocycles. The maximum atomic E-state index is 16.5. The Morgan fingerprint density at radius 2 is 1.82 bits per heavy atom. The van der Waals surface area contributed by atoms with E-state index in [1.807, 2.05) is 49.9 Å². The highest BCUT2D eigenvalue weighted by atomic mass is 35.5. The molecule has 0 spiro atoms. The Hall–Kier alpha value is -3.91. The van der Waals surface area contributed by atoms with Crippen LogP contribution in [0.2, 0.25) is 5.02 Å². The van der Waals surface area contributed by atoms with Crippen molar-refractivity contribution >= 4 is 50.9 Å². The van der Waals surface area contributed by atoms with Crippen molar-refractivity contribution in [3.05, 3.63) is 66.0 Å². The summed E-state index contributed by atoms with van der Waals surface area (Å²) >= 11 is 6.76. The number of carbonyl (C=O) groups is 1. The van der Waals surface area contributed by atoms with E-state index in [1.165, 1.54) is 12.1 Å². The van der Waals surface area contributed by atoms with Gasteiger partial charge in [0.1, 0.15) is 17.1 Å². The van der Waals surface area contributed by atoms with Crippen LogP contribution in [0.25, 0.3) is 32.8 Å². The van der Waals surface area contributed by atoms with Crippen molar-refractivity contribution in [2.24, 2.45) is 0 Å². The third-order valence-corrected chi connectivity index (χ3v) is 6.83. The second kappa shape index (κ2) is 9.76. The maximum absolute atomic E-state index is 16.5. The molecule has 0 aliphatic carbocycles. The lowest BCUT2D eigenvalue weighted by molar-refractivity contribution is -0.126. The molecule has 3 aromatic carbocycles. The van der Waals surface area contributed by atoms with E-state index in [0.29, 0.717) is 42.9 Å². The van der Waals surface area contributed by atoms with Crippen LogP contribution in [0.15, 0.2) is 55.1 Å². The summed E-state index contributed by atoms with van der Waals surface area (Å²) in [6.45, 7) is 11.5. The van der Waals surface area contributed by atoms with Crippen molar-refractivity contribution in [2.75, 3.05) is 36.4 Å². The molecule has 4 aromatic rings. The van der Waals surface area contributed by atoms with Crippen LogP contribution in [-0.2, 0) is 4.79 Å². The monoisotopic (exact) mass is 533 g/mol. The SMILES string of the molecule is C=CC(=O)N1CCN(c2nc(NC(C)(C)C)nc3c(F)c(-c4cc(O)cc5ccccc45)c(Cl)cc23)CC1. The van der Waals surface area contributed by atoms with Crippen LogP contribution in [0.4, 0.5) is 16.2 Å². The maximum Gasteiger partial charge on any atom is 0.246 e. The number of aromatic nitrogens is 2. The number of piperazine rings is 1. The molecular weight excluding hydrogens is 505 g/mol. The van der Waals surface area contributed by atoms with Gasteiger partial charge in [0.15, 0.2) is 5.82 Å². The number of nitrogens with one attached hydrogen (secondary N) is 1. The normalized spacial score (nSPS) is 14.2. The van der Waals surface area contributed by atoms with Gasteiger partial charge in [0.25, 0.3) is 0 Å². The van der Waals surface area contributed by atoms with Crippen molar-refractivity contribution < 1.29 is 14.3 Å². The predicted octanol–water partition coefficient (Wildman–Crippen LogP) is 5.99. The first-order chi connectivity index (χ1) is 18.1. The number of halogens is 2. The molecule has 0 atom stereocenters. The highest BCUT2D eigenvalue weighted by Crippen LogP contribution is 2.42. The number of phenolic OH excluding ortho intramolecular Hbond substituents is 1. The van der Waals surface area contributed by atoms with Gasteiger partial charge in [0.05, 0.1) is 5.02 Å². The number of carbonyl (C=O) groups excluding carboxylic acids is 1. The highest BCUT2D eigenvalue weighted by molar-refractivity contribution is 6.35. The Kier molecular flexibility index (Phi) is 6.61. The minimum atomic E-state index is -0.593. The Morgan fingerprint density at radius 3 is 2.50 bits per heavy atom. The number of fused-ring (bicyclic) bond motifs is 2. The van der Waals surface area contributed by atoms with E-state index >= 15 is 4.39 Å². The summed E-state index contributed by atoms with van der Waals surface area (Å²) in [6, 6.07) is 12.3. The summed E-state index contributed by atoms with van der Waals surface area (Å²) in [5, 5.41) is 15.8. The summed E-state index contributed by atoms with van der Waals surface area (Å²) in [5.41, 5.74) is 0.400. The van der Waals surface area contributed by atoms with Crippen molar-refractivity contribution in [2.45, 2.75) is 26.3 Å². The summed E-state index contributed by atoms with van der Waals surface area (Å²) in [6.07, 6.45) is 1.31. The zero-order valence-corrected chi connectivity index (χ0v) is 22.3. The molecule has 1 aromatic heterocycles. The van der Waals surface area contributed by atoms with Gasteiger partial charge in [0, 0.05) is 42.7 Å². The Labute approximate surface area is 225 Å². The second-order valence-corrected chi connectivity index (χ2v) is 10.8. The smallest absolute Gasteiger partial charge is 0.246 e. The minimum absolute atomic E-state index is 0.0136. The van der Waals surface area contributed by atoms with Crippen LogP contribution < -0.4 is 10.2 Å². The Bertz CT molecular complexity index is 1580. The van der Waals surface area contributed by atoms with Gasteiger partial charge < -0.3 is 20.2 Å². The zero-order valence-electron chi connectivity index (χ0n) is 21.6. The zero-order chi connectivity index (χ0) is 27.2. The first kappa shape index (κ1) is 25.7. The minimum Gasteiger partial charge on any atom is -0.508 e. The van der Waals surface area contributed by atoms with Gasteiger partial charge >= 0.3 is 0 Å². The number of hydrogen-bond donors (Lipinski definition) is 2. The molecule has 38 heavy (non-hydrogen) atoms. The Balaban J connectivity index is 1.70. The lowest BCUT2D eigenvalue weighted by Crippen LogP contribution is -2.48. The molecule has 1 fully saturated rings. The fourth-order valence-corrected chi connectivity index (χ4v) is 5.12. The molecule has 1 aliphatic heterocycles. The lowest BCUT2D eigenvalue weighted by Gasteiger charge is -2.35. The number of benzene rings is 3. The molecular formula is C29H29ClFN5O2. The average Bonchev–Trinajstić information content (AvgIpc) is 2.87. The van der Waals surface area contributed by atoms with E-state index < -0.39 is 5.82 Å². The van der Waals surface area contributed by atoms with Gasteiger partial charge in [-0.1, -0.05) is 42.4 Å². The quantitative estimate of drug-likeness (QED) is 0.313. The fourth-order valence-electron chi connectivity index (χ4n) is 4.83. The van der Waals surface area contributed by atoms with Gasteiger partial charge in [0.2, 0.25) is 11.9 Å². The van der Waals surface area contributed by atoms with Gasteiger partial charge in [-0.05, 0) is 61.4 Å². The molecule has 5 rings (SSSR count). The first-order valence-corrected chi connectivity index (χ1v) is 12.8. The van der Waals surface area contributed by atoms with E-state index in [-0.39, 0.29) is 39.2 Å². The highest BCUT2D eigenvalue weighted by Gasteiger charge is 2.27. The largest absolute Gasteiger partial charge is 0.508 e. The van der Waals surface area contributed by atoms with E-state index in [1.54, 1.807) is 17.0 Å². The summed E-state index contributed by atoms with van der Waals surface area (Å²) in [4.78, 5) is 25.2. The molecule has 196 valence electrons. The van der Waals surface area contributed by atoms with Crippen molar-refractivity contribution in [3.8, 4) is 16.9 Å². The molecule has 2 heterocycles. The fraction of sp³-hybridized carbons (Fsp3) is 0.276. The van der Waals surface area contributed by atoms with Crippen LogP contribution in [0.1, 0.15) is 20.8 Å². The standard InChI is InChI=1S/C29H29ClFN5O2/c1-5-23(38)35-10-12-36(13-11-35)27-21-16-22(30)24(20-15-18(37)14-17-8-6-7-9-19(17)20)25(31)26(21)32-28(33-27)34-29(2,3)4/h5-9,14-16,37H,1,10-13H2,2-4H3,(H,32,33,34). The van der Waals surface area contributed by atoms with Gasteiger partial charge in [-0.25, -0.2) is 9.37 Å². The van der Waals surface area contributed by atoms with E-state index in [0.717, 1.165) is 10.8 Å². The summed E-state index contributed by atoms with van der Waals surface area (Å²) in [7, 11) is 0. The third-order valence-electron chi connectivity index (χ3n) is 6.53. The third kappa shape index (κ3) is 4.84. The van der Waals surface area contributed by atoms with E-state index in [9.17, 15) is 9.90 Å². The van der Waals surface area contributed by atoms with Crippen LogP contribution in [-0.4, -0.2) is 57.6 Å². The number of nitrogens with zero attached hydrogens (tertiary/aromatic N) is 4. The van der Waals surface area contributed by atoms with Gasteiger partial charge in [-0.2, -0.15) is 4.98 Å². The van der Waals surface area contributed by atoms with Crippen LogP contribution in [0.5, 0.6) is 5.75 Å². The van der Waals surface area contributed by atoms with E-state index in [4.69, 9.17) is 16.6 Å². The molecule has 2 N–H and O–H groups in total. The van der Waals surface area contributed by atoms with E-state index in [2.05, 4.69) is 16.9 Å².